The monoisotopic (exact) mass is 227 g/mol. The van der Waals surface area contributed by atoms with Gasteiger partial charge in [-0.05, 0) is 25.7 Å². The number of hydrogen-bond donors (Lipinski definition) is 3. The number of nitrogens with one attached hydrogen (secondary N) is 2. The molecule has 1 aliphatic carbocycles. The van der Waals surface area contributed by atoms with Crippen LogP contribution in [0.1, 0.15) is 46.0 Å². The van der Waals surface area contributed by atoms with E-state index in [1.54, 1.807) is 0 Å². The number of amides is 1. The third-order valence-electron chi connectivity index (χ3n) is 3.04. The highest BCUT2D eigenvalue weighted by Crippen LogP contribution is 2.16. The second-order valence-corrected chi connectivity index (χ2v) is 5.04. The predicted molar refractivity (Wildman–Crippen MR) is 66.1 cm³/mol. The zero-order valence-electron chi connectivity index (χ0n) is 10.5. The fraction of sp³-hybridized carbons (Fsp3) is 0.917. The van der Waals surface area contributed by atoms with Crippen molar-refractivity contribution in [2.45, 2.75) is 64.1 Å². The van der Waals surface area contributed by atoms with Gasteiger partial charge in [0, 0.05) is 31.1 Å². The average Bonchev–Trinajstić information content (AvgIpc) is 2.21. The van der Waals surface area contributed by atoms with Gasteiger partial charge in [-0.1, -0.05) is 13.8 Å². The Morgan fingerprint density at radius 1 is 1.31 bits per heavy atom. The van der Waals surface area contributed by atoms with Crippen LogP contribution in [-0.4, -0.2) is 30.6 Å². The van der Waals surface area contributed by atoms with Crippen molar-refractivity contribution in [1.29, 1.82) is 0 Å². The summed E-state index contributed by atoms with van der Waals surface area (Å²) in [7, 11) is 0. The van der Waals surface area contributed by atoms with Crippen molar-refractivity contribution in [1.82, 2.24) is 10.6 Å². The minimum atomic E-state index is 0.161. The average molecular weight is 227 g/mol. The van der Waals surface area contributed by atoms with E-state index in [2.05, 4.69) is 24.5 Å². The summed E-state index contributed by atoms with van der Waals surface area (Å²) in [6.45, 7) is 4.93. The molecule has 4 N–H and O–H groups in total. The Morgan fingerprint density at radius 3 is 2.50 bits per heavy atom. The molecule has 0 aromatic carbocycles. The minimum absolute atomic E-state index is 0.161. The third kappa shape index (κ3) is 5.47. The zero-order valence-corrected chi connectivity index (χ0v) is 10.5. The molecule has 1 rings (SSSR count). The van der Waals surface area contributed by atoms with E-state index < -0.39 is 0 Å². The first-order valence-corrected chi connectivity index (χ1v) is 6.36. The van der Waals surface area contributed by atoms with Gasteiger partial charge in [-0.2, -0.15) is 0 Å². The summed E-state index contributed by atoms with van der Waals surface area (Å²) in [6, 6.07) is 1.14. The van der Waals surface area contributed by atoms with Crippen molar-refractivity contribution in [2.24, 2.45) is 5.73 Å². The molecule has 0 aromatic rings. The number of hydrogen-bond acceptors (Lipinski definition) is 3. The Kier molecular flexibility index (Phi) is 5.77. The molecule has 0 atom stereocenters. The van der Waals surface area contributed by atoms with Gasteiger partial charge in [0.1, 0.15) is 0 Å². The molecule has 0 aromatic heterocycles. The van der Waals surface area contributed by atoms with E-state index in [-0.39, 0.29) is 5.91 Å². The molecule has 0 unspecified atom stereocenters. The molecule has 4 nitrogen and oxygen atoms in total. The van der Waals surface area contributed by atoms with E-state index in [9.17, 15) is 4.79 Å². The van der Waals surface area contributed by atoms with Crippen LogP contribution in [0.25, 0.3) is 0 Å². The van der Waals surface area contributed by atoms with Crippen molar-refractivity contribution < 1.29 is 4.79 Å². The lowest BCUT2D eigenvalue weighted by atomic mass is 9.92. The molecule has 1 fully saturated rings. The Hall–Kier alpha value is -0.610. The van der Waals surface area contributed by atoms with Gasteiger partial charge >= 0.3 is 0 Å². The maximum atomic E-state index is 11.6. The minimum Gasteiger partial charge on any atom is -0.353 e. The summed E-state index contributed by atoms with van der Waals surface area (Å²) in [4.78, 5) is 11.6. The quantitative estimate of drug-likeness (QED) is 0.649. The van der Waals surface area contributed by atoms with Gasteiger partial charge in [0.2, 0.25) is 5.91 Å². The van der Waals surface area contributed by atoms with Crippen LogP contribution in [0.5, 0.6) is 0 Å². The molecule has 4 heteroatoms. The Bertz CT molecular complexity index is 210. The van der Waals surface area contributed by atoms with Crippen molar-refractivity contribution in [3.05, 3.63) is 0 Å². The first-order chi connectivity index (χ1) is 7.58. The molecular formula is C12H25N3O. The number of nitrogens with two attached hydrogens (primary N) is 1. The Balaban J connectivity index is 2.09. The SMILES string of the molecule is CC(C)NCCC(=O)NC1CCC(N)CC1. The van der Waals surface area contributed by atoms with Crippen LogP contribution in [0, 0.1) is 0 Å². The van der Waals surface area contributed by atoms with Crippen LogP contribution in [0.3, 0.4) is 0 Å². The van der Waals surface area contributed by atoms with E-state index in [0.717, 1.165) is 32.2 Å². The summed E-state index contributed by atoms with van der Waals surface area (Å²) in [5.41, 5.74) is 5.82. The second-order valence-electron chi connectivity index (χ2n) is 5.04. The van der Waals surface area contributed by atoms with Crippen LogP contribution in [0.2, 0.25) is 0 Å². The molecule has 0 saturated heterocycles. The highest BCUT2D eigenvalue weighted by atomic mass is 16.1. The van der Waals surface area contributed by atoms with Gasteiger partial charge in [0.05, 0.1) is 0 Å². The first-order valence-electron chi connectivity index (χ1n) is 6.36. The molecule has 16 heavy (non-hydrogen) atoms. The van der Waals surface area contributed by atoms with E-state index in [0.29, 0.717) is 24.5 Å². The first kappa shape index (κ1) is 13.5. The standard InChI is InChI=1S/C12H25N3O/c1-9(2)14-8-7-12(16)15-11-5-3-10(13)4-6-11/h9-11,14H,3-8,13H2,1-2H3,(H,15,16). The fourth-order valence-corrected chi connectivity index (χ4v) is 2.04. The summed E-state index contributed by atoms with van der Waals surface area (Å²) in [5, 5.41) is 6.32. The van der Waals surface area contributed by atoms with E-state index in [1.807, 2.05) is 0 Å². The Morgan fingerprint density at radius 2 is 1.94 bits per heavy atom. The summed E-state index contributed by atoms with van der Waals surface area (Å²) >= 11 is 0. The lowest BCUT2D eigenvalue weighted by Gasteiger charge is -2.26. The van der Waals surface area contributed by atoms with E-state index in [1.165, 1.54) is 0 Å². The van der Waals surface area contributed by atoms with Crippen LogP contribution >= 0.6 is 0 Å². The molecule has 1 saturated carbocycles. The summed E-state index contributed by atoms with van der Waals surface area (Å²) in [6.07, 6.45) is 4.71. The molecule has 0 spiro atoms. The molecular weight excluding hydrogens is 202 g/mol. The van der Waals surface area contributed by atoms with Crippen LogP contribution in [0.15, 0.2) is 0 Å². The van der Waals surface area contributed by atoms with Crippen molar-refractivity contribution >= 4 is 5.91 Å². The summed E-state index contributed by atoms with van der Waals surface area (Å²) < 4.78 is 0. The van der Waals surface area contributed by atoms with Gasteiger partial charge in [0.15, 0.2) is 0 Å². The summed E-state index contributed by atoms with van der Waals surface area (Å²) in [5.74, 6) is 0.161. The topological polar surface area (TPSA) is 67.2 Å². The molecule has 0 aliphatic heterocycles. The van der Waals surface area contributed by atoms with Crippen LogP contribution < -0.4 is 16.4 Å². The lowest BCUT2D eigenvalue weighted by molar-refractivity contribution is -0.121. The zero-order chi connectivity index (χ0) is 12.0. The van der Waals surface area contributed by atoms with Crippen LogP contribution in [-0.2, 0) is 4.79 Å². The van der Waals surface area contributed by atoms with Gasteiger partial charge in [-0.15, -0.1) is 0 Å². The number of rotatable bonds is 5. The molecule has 0 bridgehead atoms. The third-order valence-corrected chi connectivity index (χ3v) is 3.04. The van der Waals surface area contributed by atoms with Crippen LogP contribution in [0.4, 0.5) is 0 Å². The maximum absolute atomic E-state index is 11.6. The van der Waals surface area contributed by atoms with Gasteiger partial charge < -0.3 is 16.4 Å². The van der Waals surface area contributed by atoms with Crippen molar-refractivity contribution in [3.8, 4) is 0 Å². The number of carbonyl (C=O) groups is 1. The fourth-order valence-electron chi connectivity index (χ4n) is 2.04. The number of carbonyl (C=O) groups excluding carboxylic acids is 1. The smallest absolute Gasteiger partial charge is 0.221 e. The largest absolute Gasteiger partial charge is 0.353 e. The molecule has 1 aliphatic rings. The van der Waals surface area contributed by atoms with Gasteiger partial charge in [0.25, 0.3) is 0 Å². The Labute approximate surface area is 98.3 Å². The van der Waals surface area contributed by atoms with E-state index in [4.69, 9.17) is 5.73 Å². The molecule has 0 radical (unpaired) electrons. The second kappa shape index (κ2) is 6.86. The predicted octanol–water partition coefficient (Wildman–Crippen LogP) is 0.761. The highest BCUT2D eigenvalue weighted by Gasteiger charge is 2.19. The molecule has 1 amide bonds. The highest BCUT2D eigenvalue weighted by molar-refractivity contribution is 5.76. The normalized spacial score (nSPS) is 25.8. The molecule has 0 heterocycles. The lowest BCUT2D eigenvalue weighted by Crippen LogP contribution is -2.41. The van der Waals surface area contributed by atoms with Crippen molar-refractivity contribution in [3.63, 3.8) is 0 Å². The van der Waals surface area contributed by atoms with Crippen molar-refractivity contribution in [2.75, 3.05) is 6.54 Å². The maximum Gasteiger partial charge on any atom is 0.221 e. The van der Waals surface area contributed by atoms with E-state index >= 15 is 0 Å². The van der Waals surface area contributed by atoms with Gasteiger partial charge in [-0.3, -0.25) is 4.79 Å². The van der Waals surface area contributed by atoms with Gasteiger partial charge in [-0.25, -0.2) is 0 Å². The molecule has 94 valence electrons.